The highest BCUT2D eigenvalue weighted by Gasteiger charge is 2.32. The summed E-state index contributed by atoms with van der Waals surface area (Å²) in [7, 11) is 1.31. The quantitative estimate of drug-likeness (QED) is 0.899. The van der Waals surface area contributed by atoms with Gasteiger partial charge in [0.1, 0.15) is 11.5 Å². The minimum absolute atomic E-state index is 0.0647. The fourth-order valence-electron chi connectivity index (χ4n) is 1.47. The Morgan fingerprint density at radius 2 is 2.05 bits per heavy atom. The standard InChI is InChI=1S/C12H13F3O4/c1-7(11(16)17)5-8-3-4-9(18-2)6-10(8)19-12(13,14)15/h3-4,6-7H,5H2,1-2H3,(H,16,17). The van der Waals surface area contributed by atoms with Crippen LogP contribution in [0.2, 0.25) is 0 Å². The zero-order valence-corrected chi connectivity index (χ0v) is 10.3. The lowest BCUT2D eigenvalue weighted by Gasteiger charge is -2.15. The average Bonchev–Trinajstić information content (AvgIpc) is 2.29. The highest BCUT2D eigenvalue weighted by atomic mass is 19.4. The molecule has 1 aromatic carbocycles. The zero-order chi connectivity index (χ0) is 14.6. The van der Waals surface area contributed by atoms with Gasteiger partial charge < -0.3 is 14.6 Å². The van der Waals surface area contributed by atoms with Crippen molar-refractivity contribution in [1.29, 1.82) is 0 Å². The van der Waals surface area contributed by atoms with Crippen molar-refractivity contribution in [3.8, 4) is 11.5 Å². The molecule has 0 fully saturated rings. The molecule has 0 saturated carbocycles. The Hall–Kier alpha value is -1.92. The number of aliphatic carboxylic acids is 1. The van der Waals surface area contributed by atoms with Gasteiger partial charge in [-0.15, -0.1) is 13.2 Å². The molecule has 1 unspecified atom stereocenters. The van der Waals surface area contributed by atoms with E-state index in [9.17, 15) is 18.0 Å². The summed E-state index contributed by atoms with van der Waals surface area (Å²) in [5.74, 6) is -2.15. The van der Waals surface area contributed by atoms with Crippen LogP contribution in [0.25, 0.3) is 0 Å². The van der Waals surface area contributed by atoms with E-state index >= 15 is 0 Å². The van der Waals surface area contributed by atoms with Crippen LogP contribution in [0, 0.1) is 5.92 Å². The minimum atomic E-state index is -4.84. The molecule has 106 valence electrons. The van der Waals surface area contributed by atoms with Crippen molar-refractivity contribution in [3.05, 3.63) is 23.8 Å². The third-order valence-corrected chi connectivity index (χ3v) is 2.45. The number of benzene rings is 1. The highest BCUT2D eigenvalue weighted by molar-refractivity contribution is 5.70. The average molecular weight is 278 g/mol. The summed E-state index contributed by atoms with van der Waals surface area (Å²) in [5.41, 5.74) is 0.160. The molecule has 0 aliphatic rings. The van der Waals surface area contributed by atoms with Gasteiger partial charge in [-0.25, -0.2) is 0 Å². The van der Waals surface area contributed by atoms with Gasteiger partial charge >= 0.3 is 12.3 Å². The summed E-state index contributed by atoms with van der Waals surface area (Å²) in [5, 5.41) is 8.78. The molecular formula is C12H13F3O4. The Labute approximate surface area is 107 Å². The van der Waals surface area contributed by atoms with E-state index in [1.165, 1.54) is 26.2 Å². The maximum Gasteiger partial charge on any atom is 0.573 e. The largest absolute Gasteiger partial charge is 0.573 e. The van der Waals surface area contributed by atoms with Crippen molar-refractivity contribution in [2.24, 2.45) is 5.92 Å². The Balaban J connectivity index is 3.05. The lowest BCUT2D eigenvalue weighted by atomic mass is 10.0. The summed E-state index contributed by atoms with van der Waals surface area (Å²) in [4.78, 5) is 10.7. The van der Waals surface area contributed by atoms with E-state index in [1.807, 2.05) is 0 Å². The van der Waals surface area contributed by atoms with E-state index in [0.29, 0.717) is 0 Å². The summed E-state index contributed by atoms with van der Waals surface area (Å²) < 4.78 is 45.5. The topological polar surface area (TPSA) is 55.8 Å². The number of methoxy groups -OCH3 is 1. The summed E-state index contributed by atoms with van der Waals surface area (Å²) >= 11 is 0. The van der Waals surface area contributed by atoms with Gasteiger partial charge in [0.15, 0.2) is 0 Å². The molecule has 1 N–H and O–H groups in total. The van der Waals surface area contributed by atoms with Crippen LogP contribution in [0.4, 0.5) is 13.2 Å². The van der Waals surface area contributed by atoms with E-state index in [4.69, 9.17) is 9.84 Å². The van der Waals surface area contributed by atoms with Gasteiger partial charge in [0.25, 0.3) is 0 Å². The SMILES string of the molecule is COc1ccc(CC(C)C(=O)O)c(OC(F)(F)F)c1. The van der Waals surface area contributed by atoms with Crippen LogP contribution in [0.3, 0.4) is 0 Å². The zero-order valence-electron chi connectivity index (χ0n) is 10.3. The van der Waals surface area contributed by atoms with E-state index in [-0.39, 0.29) is 17.7 Å². The molecule has 0 aromatic heterocycles. The number of carboxylic acid groups (broad SMARTS) is 1. The Bertz CT molecular complexity index is 457. The number of carbonyl (C=O) groups is 1. The molecule has 0 radical (unpaired) electrons. The van der Waals surface area contributed by atoms with Crippen LogP contribution in [0.1, 0.15) is 12.5 Å². The number of carboxylic acids is 1. The number of rotatable bonds is 5. The van der Waals surface area contributed by atoms with Gasteiger partial charge in [-0.05, 0) is 18.1 Å². The summed E-state index contributed by atoms with van der Waals surface area (Å²) in [6.07, 6.45) is -4.90. The maximum atomic E-state index is 12.3. The van der Waals surface area contributed by atoms with Gasteiger partial charge in [-0.1, -0.05) is 13.0 Å². The molecule has 0 amide bonds. The lowest BCUT2D eigenvalue weighted by molar-refractivity contribution is -0.274. The number of alkyl halides is 3. The summed E-state index contributed by atoms with van der Waals surface area (Å²) in [6.45, 7) is 1.41. The minimum Gasteiger partial charge on any atom is -0.497 e. The summed E-state index contributed by atoms with van der Waals surface area (Å²) in [6, 6.07) is 3.89. The van der Waals surface area contributed by atoms with Crippen LogP contribution >= 0.6 is 0 Å². The van der Waals surface area contributed by atoms with E-state index in [1.54, 1.807) is 0 Å². The van der Waals surface area contributed by atoms with E-state index in [2.05, 4.69) is 4.74 Å². The number of ether oxygens (including phenoxy) is 2. The predicted molar refractivity (Wildman–Crippen MR) is 60.2 cm³/mol. The fraction of sp³-hybridized carbons (Fsp3) is 0.417. The fourth-order valence-corrected chi connectivity index (χ4v) is 1.47. The highest BCUT2D eigenvalue weighted by Crippen LogP contribution is 2.31. The van der Waals surface area contributed by atoms with Crippen LogP contribution in [-0.4, -0.2) is 24.5 Å². The molecule has 1 atom stereocenters. The van der Waals surface area contributed by atoms with Gasteiger partial charge in [0, 0.05) is 6.07 Å². The second kappa shape index (κ2) is 5.81. The molecule has 4 nitrogen and oxygen atoms in total. The van der Waals surface area contributed by atoms with Gasteiger partial charge in [-0.2, -0.15) is 0 Å². The molecule has 0 heterocycles. The molecular weight excluding hydrogens is 265 g/mol. The molecule has 1 rings (SSSR count). The number of hydrogen-bond donors (Lipinski definition) is 1. The molecule has 0 aliphatic heterocycles. The molecule has 7 heteroatoms. The van der Waals surface area contributed by atoms with Crippen molar-refractivity contribution in [3.63, 3.8) is 0 Å². The second-order valence-corrected chi connectivity index (χ2v) is 3.96. The lowest BCUT2D eigenvalue weighted by Crippen LogP contribution is -2.19. The monoisotopic (exact) mass is 278 g/mol. The first kappa shape index (κ1) is 15.1. The second-order valence-electron chi connectivity index (χ2n) is 3.96. The van der Waals surface area contributed by atoms with E-state index in [0.717, 1.165) is 6.07 Å². The van der Waals surface area contributed by atoms with Gasteiger partial charge in [0.2, 0.25) is 0 Å². The molecule has 0 saturated heterocycles. The predicted octanol–water partition coefficient (Wildman–Crippen LogP) is 2.86. The smallest absolute Gasteiger partial charge is 0.497 e. The molecule has 0 aliphatic carbocycles. The van der Waals surface area contributed by atoms with E-state index < -0.39 is 24.0 Å². The van der Waals surface area contributed by atoms with Crippen LogP contribution < -0.4 is 9.47 Å². The van der Waals surface area contributed by atoms with Gasteiger partial charge in [0.05, 0.1) is 13.0 Å². The van der Waals surface area contributed by atoms with Crippen LogP contribution in [-0.2, 0) is 11.2 Å². The first-order valence-corrected chi connectivity index (χ1v) is 5.38. The Morgan fingerprint density at radius 1 is 1.42 bits per heavy atom. The maximum absolute atomic E-state index is 12.3. The molecule has 19 heavy (non-hydrogen) atoms. The Kier molecular flexibility index (Phi) is 4.63. The van der Waals surface area contributed by atoms with Crippen molar-refractivity contribution >= 4 is 5.97 Å². The normalized spacial score (nSPS) is 12.9. The first-order chi connectivity index (χ1) is 8.73. The number of halogens is 3. The third-order valence-electron chi connectivity index (χ3n) is 2.45. The molecule has 0 bridgehead atoms. The molecule has 1 aromatic rings. The van der Waals surface area contributed by atoms with Gasteiger partial charge in [-0.3, -0.25) is 4.79 Å². The van der Waals surface area contributed by atoms with Crippen LogP contribution in [0.5, 0.6) is 11.5 Å². The van der Waals surface area contributed by atoms with Crippen molar-refractivity contribution in [2.45, 2.75) is 19.7 Å². The van der Waals surface area contributed by atoms with Crippen molar-refractivity contribution in [2.75, 3.05) is 7.11 Å². The Morgan fingerprint density at radius 3 is 2.53 bits per heavy atom. The van der Waals surface area contributed by atoms with Crippen molar-refractivity contribution in [1.82, 2.24) is 0 Å². The van der Waals surface area contributed by atoms with Crippen molar-refractivity contribution < 1.29 is 32.5 Å². The van der Waals surface area contributed by atoms with Crippen LogP contribution in [0.15, 0.2) is 18.2 Å². The number of hydrogen-bond acceptors (Lipinski definition) is 3. The third kappa shape index (κ3) is 4.69. The molecule has 0 spiro atoms. The first-order valence-electron chi connectivity index (χ1n) is 5.38.